The van der Waals surface area contributed by atoms with Crippen LogP contribution in [-0.4, -0.2) is 14.8 Å². The van der Waals surface area contributed by atoms with E-state index in [1.165, 1.54) is 11.3 Å². The second-order valence-electron chi connectivity index (χ2n) is 4.95. The first-order valence-electron chi connectivity index (χ1n) is 6.76. The number of pyridine rings is 1. The quantitative estimate of drug-likeness (QED) is 0.914. The Morgan fingerprint density at radius 1 is 1.26 bits per heavy atom. The summed E-state index contributed by atoms with van der Waals surface area (Å²) in [7, 11) is 0. The van der Waals surface area contributed by atoms with Gasteiger partial charge in [0.05, 0.1) is 23.6 Å². The average Bonchev–Trinajstić information content (AvgIpc) is 2.67. The zero-order valence-electron chi connectivity index (χ0n) is 12.4. The molecule has 4 heteroatoms. The van der Waals surface area contributed by atoms with Crippen molar-refractivity contribution < 1.29 is 0 Å². The molecule has 0 saturated heterocycles. The van der Waals surface area contributed by atoms with Gasteiger partial charge in [0.15, 0.2) is 0 Å². The lowest BCUT2D eigenvalue weighted by Gasteiger charge is -2.16. The van der Waals surface area contributed by atoms with Gasteiger partial charge >= 0.3 is 0 Å². The largest absolute Gasteiger partial charge is 0.377 e. The molecule has 0 fully saturated rings. The molecule has 2 aromatic heterocycles. The first-order chi connectivity index (χ1) is 9.02. The SMILES string of the molecule is CCn1nc(C)c(C(C)Nc2ccc(C)nc2)c1C. The van der Waals surface area contributed by atoms with Crippen molar-refractivity contribution in [3.8, 4) is 0 Å². The minimum absolute atomic E-state index is 0.227. The second-order valence-corrected chi connectivity index (χ2v) is 4.95. The molecule has 102 valence electrons. The van der Waals surface area contributed by atoms with E-state index in [2.05, 4.69) is 53.8 Å². The van der Waals surface area contributed by atoms with Gasteiger partial charge in [0.1, 0.15) is 0 Å². The number of nitrogens with one attached hydrogen (secondary N) is 1. The van der Waals surface area contributed by atoms with E-state index in [0.29, 0.717) is 0 Å². The van der Waals surface area contributed by atoms with Crippen LogP contribution >= 0.6 is 0 Å². The Morgan fingerprint density at radius 2 is 2.00 bits per heavy atom. The first kappa shape index (κ1) is 13.6. The molecule has 1 N–H and O–H groups in total. The number of rotatable bonds is 4. The third kappa shape index (κ3) is 2.78. The summed E-state index contributed by atoms with van der Waals surface area (Å²) in [6.45, 7) is 11.4. The fourth-order valence-electron chi connectivity index (χ4n) is 2.52. The zero-order valence-corrected chi connectivity index (χ0v) is 12.4. The van der Waals surface area contributed by atoms with Crippen molar-refractivity contribution >= 4 is 5.69 Å². The molecule has 1 unspecified atom stereocenters. The summed E-state index contributed by atoms with van der Waals surface area (Å²) in [5.74, 6) is 0. The number of anilines is 1. The number of nitrogens with zero attached hydrogens (tertiary/aromatic N) is 3. The molecule has 0 aromatic carbocycles. The van der Waals surface area contributed by atoms with E-state index in [-0.39, 0.29) is 6.04 Å². The molecular weight excluding hydrogens is 236 g/mol. The van der Waals surface area contributed by atoms with Crippen LogP contribution in [0, 0.1) is 20.8 Å². The van der Waals surface area contributed by atoms with Crippen molar-refractivity contribution in [3.05, 3.63) is 41.0 Å². The lowest BCUT2D eigenvalue weighted by Crippen LogP contribution is -2.09. The number of hydrogen-bond acceptors (Lipinski definition) is 3. The van der Waals surface area contributed by atoms with E-state index in [1.807, 2.05) is 19.2 Å². The van der Waals surface area contributed by atoms with E-state index >= 15 is 0 Å². The average molecular weight is 258 g/mol. The minimum atomic E-state index is 0.227. The van der Waals surface area contributed by atoms with Crippen LogP contribution in [-0.2, 0) is 6.54 Å². The van der Waals surface area contributed by atoms with Gasteiger partial charge in [0, 0.05) is 23.5 Å². The van der Waals surface area contributed by atoms with Gasteiger partial charge in [-0.2, -0.15) is 5.10 Å². The highest BCUT2D eigenvalue weighted by Crippen LogP contribution is 2.24. The van der Waals surface area contributed by atoms with Crippen LogP contribution in [0.5, 0.6) is 0 Å². The van der Waals surface area contributed by atoms with Crippen molar-refractivity contribution in [1.29, 1.82) is 0 Å². The third-order valence-corrected chi connectivity index (χ3v) is 3.46. The predicted molar refractivity (Wildman–Crippen MR) is 78.4 cm³/mol. The van der Waals surface area contributed by atoms with E-state index in [4.69, 9.17) is 0 Å². The fraction of sp³-hybridized carbons (Fsp3) is 0.467. The van der Waals surface area contributed by atoms with Crippen molar-refractivity contribution in [2.45, 2.75) is 47.2 Å². The highest BCUT2D eigenvalue weighted by atomic mass is 15.3. The smallest absolute Gasteiger partial charge is 0.0649 e. The molecular formula is C15H22N4. The molecule has 2 aromatic rings. The molecule has 0 aliphatic carbocycles. The third-order valence-electron chi connectivity index (χ3n) is 3.46. The Balaban J connectivity index is 2.22. The first-order valence-corrected chi connectivity index (χ1v) is 6.76. The maximum atomic E-state index is 4.57. The lowest BCUT2D eigenvalue weighted by molar-refractivity contribution is 0.632. The molecule has 19 heavy (non-hydrogen) atoms. The maximum absolute atomic E-state index is 4.57. The standard InChI is InChI=1S/C15H22N4/c1-6-19-13(5)15(12(4)18-19)11(3)17-14-8-7-10(2)16-9-14/h7-9,11,17H,6H2,1-5H3. The van der Waals surface area contributed by atoms with Crippen molar-refractivity contribution in [2.24, 2.45) is 0 Å². The molecule has 0 aliphatic heterocycles. The van der Waals surface area contributed by atoms with Crippen molar-refractivity contribution in [1.82, 2.24) is 14.8 Å². The highest BCUT2D eigenvalue weighted by molar-refractivity contribution is 5.45. The van der Waals surface area contributed by atoms with Crippen LogP contribution in [0.15, 0.2) is 18.3 Å². The topological polar surface area (TPSA) is 42.7 Å². The molecule has 0 bridgehead atoms. The van der Waals surface area contributed by atoms with Crippen LogP contribution in [0.1, 0.15) is 42.5 Å². The molecule has 0 saturated carbocycles. The molecule has 4 nitrogen and oxygen atoms in total. The van der Waals surface area contributed by atoms with Gasteiger partial charge in [-0.25, -0.2) is 0 Å². The summed E-state index contributed by atoms with van der Waals surface area (Å²) in [5, 5.41) is 8.06. The van der Waals surface area contributed by atoms with Crippen LogP contribution in [0.4, 0.5) is 5.69 Å². The van der Waals surface area contributed by atoms with Crippen LogP contribution < -0.4 is 5.32 Å². The Kier molecular flexibility index (Phi) is 3.88. The van der Waals surface area contributed by atoms with Crippen LogP contribution in [0.3, 0.4) is 0 Å². The summed E-state index contributed by atoms with van der Waals surface area (Å²) in [5.41, 5.74) is 5.69. The zero-order chi connectivity index (χ0) is 14.0. The summed E-state index contributed by atoms with van der Waals surface area (Å²) >= 11 is 0. The Hall–Kier alpha value is -1.84. The van der Waals surface area contributed by atoms with Gasteiger partial charge in [0.2, 0.25) is 0 Å². The molecule has 0 amide bonds. The highest BCUT2D eigenvalue weighted by Gasteiger charge is 2.16. The fourth-order valence-corrected chi connectivity index (χ4v) is 2.52. The molecule has 2 heterocycles. The van der Waals surface area contributed by atoms with E-state index in [0.717, 1.165) is 23.6 Å². The van der Waals surface area contributed by atoms with Gasteiger partial charge in [-0.05, 0) is 46.8 Å². The Morgan fingerprint density at radius 3 is 2.53 bits per heavy atom. The van der Waals surface area contributed by atoms with Crippen molar-refractivity contribution in [2.75, 3.05) is 5.32 Å². The second kappa shape index (κ2) is 5.43. The van der Waals surface area contributed by atoms with Gasteiger partial charge in [0.25, 0.3) is 0 Å². The number of aromatic nitrogens is 3. The summed E-state index contributed by atoms with van der Waals surface area (Å²) < 4.78 is 2.05. The molecule has 0 spiro atoms. The van der Waals surface area contributed by atoms with E-state index < -0.39 is 0 Å². The summed E-state index contributed by atoms with van der Waals surface area (Å²) in [6.07, 6.45) is 1.88. The Labute approximate surface area is 114 Å². The molecule has 2 rings (SSSR count). The minimum Gasteiger partial charge on any atom is -0.377 e. The maximum Gasteiger partial charge on any atom is 0.0649 e. The van der Waals surface area contributed by atoms with Crippen molar-refractivity contribution in [3.63, 3.8) is 0 Å². The summed E-state index contributed by atoms with van der Waals surface area (Å²) in [6, 6.07) is 4.31. The monoisotopic (exact) mass is 258 g/mol. The van der Waals surface area contributed by atoms with Crippen LogP contribution in [0.25, 0.3) is 0 Å². The number of hydrogen-bond donors (Lipinski definition) is 1. The lowest BCUT2D eigenvalue weighted by atomic mass is 10.1. The molecule has 0 radical (unpaired) electrons. The van der Waals surface area contributed by atoms with Gasteiger partial charge < -0.3 is 5.32 Å². The van der Waals surface area contributed by atoms with Gasteiger partial charge in [-0.3, -0.25) is 9.67 Å². The molecule has 0 aliphatic rings. The number of aryl methyl sites for hydroxylation is 3. The van der Waals surface area contributed by atoms with Gasteiger partial charge in [-0.1, -0.05) is 0 Å². The predicted octanol–water partition coefficient (Wildman–Crippen LogP) is 3.40. The van der Waals surface area contributed by atoms with Gasteiger partial charge in [-0.15, -0.1) is 0 Å². The van der Waals surface area contributed by atoms with E-state index in [1.54, 1.807) is 0 Å². The Bertz CT molecular complexity index is 554. The van der Waals surface area contributed by atoms with Crippen LogP contribution in [0.2, 0.25) is 0 Å². The van der Waals surface area contributed by atoms with E-state index in [9.17, 15) is 0 Å². The molecule has 1 atom stereocenters. The summed E-state index contributed by atoms with van der Waals surface area (Å²) in [4.78, 5) is 4.31. The normalized spacial score (nSPS) is 12.5.